The molecule has 1 aliphatic heterocycles. The molecule has 0 spiro atoms. The molecule has 1 aromatic rings. The lowest BCUT2D eigenvalue weighted by atomic mass is 10.1. The van der Waals surface area contributed by atoms with E-state index in [1.165, 1.54) is 4.90 Å². The van der Waals surface area contributed by atoms with E-state index in [2.05, 4.69) is 15.9 Å². The fourth-order valence-electron chi connectivity index (χ4n) is 1.67. The Labute approximate surface area is 95.4 Å². The van der Waals surface area contributed by atoms with E-state index < -0.39 is 6.04 Å². The minimum absolute atomic E-state index is 0.0428. The Hall–Kier alpha value is -1.38. The second kappa shape index (κ2) is 3.65. The van der Waals surface area contributed by atoms with Crippen LogP contribution in [0.15, 0.2) is 22.7 Å². The van der Waals surface area contributed by atoms with Gasteiger partial charge in [-0.1, -0.05) is 15.9 Å². The largest absolute Gasteiger partial charge is 0.316 e. The maximum Gasteiger partial charge on any atom is 0.249 e. The molecule has 4 nitrogen and oxygen atoms in total. The van der Waals surface area contributed by atoms with E-state index in [9.17, 15) is 4.79 Å². The molecule has 2 rings (SSSR count). The number of hydrogen-bond acceptors (Lipinski definition) is 3. The van der Waals surface area contributed by atoms with E-state index >= 15 is 0 Å². The van der Waals surface area contributed by atoms with E-state index in [1.807, 2.05) is 18.2 Å². The smallest absolute Gasteiger partial charge is 0.249 e. The van der Waals surface area contributed by atoms with Crippen LogP contribution in [0.4, 0.5) is 5.69 Å². The van der Waals surface area contributed by atoms with Gasteiger partial charge in [-0.05, 0) is 18.2 Å². The van der Waals surface area contributed by atoms with Crippen LogP contribution in [0.1, 0.15) is 11.6 Å². The van der Waals surface area contributed by atoms with Crippen molar-refractivity contribution in [2.24, 2.45) is 5.73 Å². The molecule has 2 N–H and O–H groups in total. The number of halogens is 1. The normalized spacial score (nSPS) is 18.9. The Morgan fingerprint density at radius 1 is 1.60 bits per heavy atom. The molecule has 0 aromatic heterocycles. The van der Waals surface area contributed by atoms with Crippen molar-refractivity contribution < 1.29 is 4.79 Å². The topological polar surface area (TPSA) is 70.1 Å². The lowest BCUT2D eigenvalue weighted by Crippen LogP contribution is -2.31. The molecule has 0 saturated heterocycles. The van der Waals surface area contributed by atoms with Gasteiger partial charge >= 0.3 is 0 Å². The Kier molecular flexibility index (Phi) is 2.47. The first kappa shape index (κ1) is 10.1. The molecule has 1 aliphatic rings. The minimum Gasteiger partial charge on any atom is -0.316 e. The van der Waals surface area contributed by atoms with Gasteiger partial charge in [0.2, 0.25) is 5.91 Å². The molecule has 0 fully saturated rings. The van der Waals surface area contributed by atoms with Crippen LogP contribution in [-0.2, 0) is 4.79 Å². The first-order chi connectivity index (χ1) is 7.15. The predicted octanol–water partition coefficient (Wildman–Crippen LogP) is 1.32. The van der Waals surface area contributed by atoms with Crippen molar-refractivity contribution in [3.63, 3.8) is 0 Å². The zero-order chi connectivity index (χ0) is 11.0. The number of rotatable bonds is 1. The SMILES string of the molecule is N#CCN1C(=O)C(N)c2cc(Br)ccc21. The summed E-state index contributed by atoms with van der Waals surface area (Å²) in [7, 11) is 0. The fraction of sp³-hybridized carbons (Fsp3) is 0.200. The number of anilines is 1. The Bertz CT molecular complexity index is 466. The highest BCUT2D eigenvalue weighted by Gasteiger charge is 2.34. The van der Waals surface area contributed by atoms with Crippen molar-refractivity contribution in [1.29, 1.82) is 5.26 Å². The van der Waals surface area contributed by atoms with Gasteiger partial charge in [-0.2, -0.15) is 5.26 Å². The van der Waals surface area contributed by atoms with Crippen LogP contribution in [0, 0.1) is 11.3 Å². The maximum atomic E-state index is 11.7. The lowest BCUT2D eigenvalue weighted by Gasteiger charge is -2.12. The Morgan fingerprint density at radius 3 is 3.00 bits per heavy atom. The molecule has 1 aromatic carbocycles. The number of hydrogen-bond donors (Lipinski definition) is 1. The summed E-state index contributed by atoms with van der Waals surface area (Å²) < 4.78 is 0.878. The molecule has 1 unspecified atom stereocenters. The third-order valence-corrected chi connectivity index (χ3v) is 2.87. The first-order valence-corrected chi connectivity index (χ1v) is 5.18. The number of carbonyl (C=O) groups excluding carboxylic acids is 1. The zero-order valence-electron chi connectivity index (χ0n) is 7.77. The standard InChI is InChI=1S/C10H8BrN3O/c11-6-1-2-8-7(5-6)9(13)10(15)14(8)4-3-12/h1-2,5,9H,4,13H2. The quantitative estimate of drug-likeness (QED) is 0.779. The average molecular weight is 266 g/mol. The molecule has 1 amide bonds. The van der Waals surface area contributed by atoms with Crippen LogP contribution in [0.5, 0.6) is 0 Å². The summed E-state index contributed by atoms with van der Waals surface area (Å²) in [4.78, 5) is 13.1. The number of benzene rings is 1. The molecule has 0 aliphatic carbocycles. The number of nitriles is 1. The summed E-state index contributed by atoms with van der Waals surface area (Å²) >= 11 is 3.32. The van der Waals surface area contributed by atoms with Crippen molar-refractivity contribution in [2.75, 3.05) is 11.4 Å². The van der Waals surface area contributed by atoms with E-state index in [0.717, 1.165) is 15.7 Å². The van der Waals surface area contributed by atoms with Crippen molar-refractivity contribution in [3.05, 3.63) is 28.2 Å². The number of nitrogens with zero attached hydrogens (tertiary/aromatic N) is 2. The third kappa shape index (κ3) is 1.52. The molecule has 0 saturated carbocycles. The molecule has 76 valence electrons. The van der Waals surface area contributed by atoms with Gasteiger partial charge in [0, 0.05) is 10.0 Å². The Morgan fingerprint density at radius 2 is 2.33 bits per heavy atom. The molecule has 1 heterocycles. The predicted molar refractivity (Wildman–Crippen MR) is 59.0 cm³/mol. The number of nitrogens with two attached hydrogens (primary N) is 1. The molecular formula is C10H8BrN3O. The van der Waals surface area contributed by atoms with Crippen LogP contribution in [0.25, 0.3) is 0 Å². The zero-order valence-corrected chi connectivity index (χ0v) is 9.36. The summed E-state index contributed by atoms with van der Waals surface area (Å²) in [6.07, 6.45) is 0. The highest BCUT2D eigenvalue weighted by Crippen LogP contribution is 2.35. The maximum absolute atomic E-state index is 11.7. The highest BCUT2D eigenvalue weighted by molar-refractivity contribution is 9.10. The van der Waals surface area contributed by atoms with Crippen LogP contribution in [0.3, 0.4) is 0 Å². The van der Waals surface area contributed by atoms with Crippen molar-refractivity contribution in [3.8, 4) is 6.07 Å². The number of carbonyl (C=O) groups is 1. The van der Waals surface area contributed by atoms with Gasteiger partial charge < -0.3 is 5.73 Å². The van der Waals surface area contributed by atoms with Gasteiger partial charge in [0.1, 0.15) is 12.6 Å². The van der Waals surface area contributed by atoms with Gasteiger partial charge in [0.15, 0.2) is 0 Å². The van der Waals surface area contributed by atoms with E-state index in [1.54, 1.807) is 6.07 Å². The summed E-state index contributed by atoms with van der Waals surface area (Å²) in [5, 5.41) is 8.62. The molecular weight excluding hydrogens is 258 g/mol. The van der Waals surface area contributed by atoms with E-state index in [4.69, 9.17) is 11.0 Å². The number of amides is 1. The second-order valence-electron chi connectivity index (χ2n) is 3.26. The van der Waals surface area contributed by atoms with Gasteiger partial charge in [-0.3, -0.25) is 9.69 Å². The van der Waals surface area contributed by atoms with Gasteiger partial charge in [0.25, 0.3) is 0 Å². The van der Waals surface area contributed by atoms with Crippen molar-refractivity contribution in [2.45, 2.75) is 6.04 Å². The average Bonchev–Trinajstić information content (AvgIpc) is 2.44. The summed E-state index contributed by atoms with van der Waals surface area (Å²) in [6.45, 7) is 0.0428. The lowest BCUT2D eigenvalue weighted by molar-refractivity contribution is -0.119. The highest BCUT2D eigenvalue weighted by atomic mass is 79.9. The van der Waals surface area contributed by atoms with Gasteiger partial charge in [0.05, 0.1) is 11.8 Å². The van der Waals surface area contributed by atoms with Crippen LogP contribution in [0.2, 0.25) is 0 Å². The van der Waals surface area contributed by atoms with E-state index in [0.29, 0.717) is 0 Å². The summed E-state index contributed by atoms with van der Waals surface area (Å²) in [5.74, 6) is -0.218. The molecule has 5 heteroatoms. The van der Waals surface area contributed by atoms with Crippen molar-refractivity contribution in [1.82, 2.24) is 0 Å². The Balaban J connectivity index is 2.51. The van der Waals surface area contributed by atoms with Crippen molar-refractivity contribution >= 4 is 27.5 Å². The molecule has 15 heavy (non-hydrogen) atoms. The fourth-order valence-corrected chi connectivity index (χ4v) is 2.05. The van der Waals surface area contributed by atoms with Gasteiger partial charge in [-0.15, -0.1) is 0 Å². The van der Waals surface area contributed by atoms with E-state index in [-0.39, 0.29) is 12.5 Å². The summed E-state index contributed by atoms with van der Waals surface area (Å²) in [6, 6.07) is 6.74. The van der Waals surface area contributed by atoms with Crippen LogP contribution >= 0.6 is 15.9 Å². The minimum atomic E-state index is -0.647. The third-order valence-electron chi connectivity index (χ3n) is 2.38. The number of fused-ring (bicyclic) bond motifs is 1. The molecule has 1 atom stereocenters. The summed E-state index contributed by atoms with van der Waals surface area (Å²) in [5.41, 5.74) is 7.26. The second-order valence-corrected chi connectivity index (χ2v) is 4.18. The van der Waals surface area contributed by atoms with Gasteiger partial charge in [-0.25, -0.2) is 0 Å². The van der Waals surface area contributed by atoms with Crippen LogP contribution < -0.4 is 10.6 Å². The molecule has 0 radical (unpaired) electrons. The molecule has 0 bridgehead atoms. The first-order valence-electron chi connectivity index (χ1n) is 4.38. The monoisotopic (exact) mass is 265 g/mol. The van der Waals surface area contributed by atoms with Crippen LogP contribution in [-0.4, -0.2) is 12.5 Å².